The largest absolute Gasteiger partial charge is 0.481 e. The molecule has 1 spiro atoms. The number of hydrogen-bond acceptors (Lipinski definition) is 2. The van der Waals surface area contributed by atoms with E-state index >= 15 is 0 Å². The summed E-state index contributed by atoms with van der Waals surface area (Å²) in [6, 6.07) is 0. The summed E-state index contributed by atoms with van der Waals surface area (Å²) in [6.07, 6.45) is 4.86. The van der Waals surface area contributed by atoms with E-state index in [9.17, 15) is 15.0 Å². The summed E-state index contributed by atoms with van der Waals surface area (Å²) < 4.78 is 0. The molecule has 0 amide bonds. The molecule has 0 radical (unpaired) electrons. The van der Waals surface area contributed by atoms with Crippen LogP contribution < -0.4 is 0 Å². The molecule has 3 saturated carbocycles. The Morgan fingerprint density at radius 3 is 2.44 bits per heavy atom. The summed E-state index contributed by atoms with van der Waals surface area (Å²) in [6.45, 7) is 6.02. The van der Waals surface area contributed by atoms with Crippen molar-refractivity contribution in [3.8, 4) is 0 Å². The third-order valence-corrected chi connectivity index (χ3v) is 6.90. The molecule has 3 aliphatic rings. The Morgan fingerprint density at radius 1 is 1.17 bits per heavy atom. The molecule has 0 heterocycles. The molecule has 3 aliphatic carbocycles. The van der Waals surface area contributed by atoms with Gasteiger partial charge >= 0.3 is 5.97 Å². The molecule has 3 nitrogen and oxygen atoms in total. The quantitative estimate of drug-likeness (QED) is 0.754. The highest BCUT2D eigenvalue weighted by atomic mass is 16.4. The normalized spacial score (nSPS) is 58.6. The van der Waals surface area contributed by atoms with E-state index in [0.29, 0.717) is 5.92 Å². The highest BCUT2D eigenvalue weighted by molar-refractivity contribution is 5.76. The molecule has 0 aromatic carbocycles. The summed E-state index contributed by atoms with van der Waals surface area (Å²) in [4.78, 5) is 11.9. The maximum absolute atomic E-state index is 11.9. The number of aliphatic hydroxyl groups is 1. The first-order valence-electron chi connectivity index (χ1n) is 7.21. The fourth-order valence-corrected chi connectivity index (χ4v) is 5.76. The van der Waals surface area contributed by atoms with Crippen LogP contribution in [0.5, 0.6) is 0 Å². The predicted molar refractivity (Wildman–Crippen MR) is 68.0 cm³/mol. The van der Waals surface area contributed by atoms with Gasteiger partial charge in [-0.2, -0.15) is 0 Å². The second kappa shape index (κ2) is 3.30. The van der Waals surface area contributed by atoms with E-state index in [-0.39, 0.29) is 17.3 Å². The van der Waals surface area contributed by atoms with Gasteiger partial charge in [0.15, 0.2) is 0 Å². The molecule has 3 fully saturated rings. The topological polar surface area (TPSA) is 57.5 Å². The fourth-order valence-electron chi connectivity index (χ4n) is 5.76. The van der Waals surface area contributed by atoms with E-state index in [0.717, 1.165) is 32.1 Å². The van der Waals surface area contributed by atoms with Crippen molar-refractivity contribution in [1.82, 2.24) is 0 Å². The van der Waals surface area contributed by atoms with Gasteiger partial charge in [-0.05, 0) is 63.2 Å². The predicted octanol–water partition coefficient (Wildman–Crippen LogP) is 2.67. The minimum absolute atomic E-state index is 0.0796. The van der Waals surface area contributed by atoms with E-state index in [4.69, 9.17) is 0 Å². The second-order valence-corrected chi connectivity index (χ2v) is 7.47. The summed E-state index contributed by atoms with van der Waals surface area (Å²) in [5, 5.41) is 20.4. The van der Waals surface area contributed by atoms with Crippen LogP contribution in [-0.4, -0.2) is 21.8 Å². The Bertz CT molecular complexity index is 399. The van der Waals surface area contributed by atoms with Crippen LogP contribution in [0, 0.1) is 28.6 Å². The third-order valence-electron chi connectivity index (χ3n) is 6.90. The molecule has 0 aromatic heterocycles. The van der Waals surface area contributed by atoms with Crippen molar-refractivity contribution < 1.29 is 15.0 Å². The molecule has 3 rings (SSSR count). The minimum Gasteiger partial charge on any atom is -0.481 e. The average molecular weight is 252 g/mol. The third kappa shape index (κ3) is 1.17. The molecular weight excluding hydrogens is 228 g/mol. The maximum atomic E-state index is 11.9. The number of fused-ring (bicyclic) bond motifs is 1. The first-order valence-corrected chi connectivity index (χ1v) is 7.21. The Labute approximate surface area is 109 Å². The van der Waals surface area contributed by atoms with Crippen molar-refractivity contribution in [3.63, 3.8) is 0 Å². The van der Waals surface area contributed by atoms with Crippen LogP contribution in [-0.2, 0) is 4.79 Å². The van der Waals surface area contributed by atoms with Crippen LogP contribution in [0.3, 0.4) is 0 Å². The molecule has 0 saturated heterocycles. The SMILES string of the molecule is C[C@@H]1CC[C@@H]2[C@]13CC[C@@](C)(O)[C@H](C3)[C@]2(C)C(=O)O. The molecule has 3 heteroatoms. The Hall–Kier alpha value is -0.570. The number of carboxylic acids is 1. The number of hydrogen-bond donors (Lipinski definition) is 2. The summed E-state index contributed by atoms with van der Waals surface area (Å²) in [7, 11) is 0. The molecule has 0 aliphatic heterocycles. The Morgan fingerprint density at radius 2 is 1.83 bits per heavy atom. The summed E-state index contributed by atoms with van der Waals surface area (Å²) in [5.74, 6) is 0.0957. The van der Waals surface area contributed by atoms with E-state index in [1.54, 1.807) is 0 Å². The number of aliphatic carboxylic acids is 1. The zero-order chi connectivity index (χ0) is 13.3. The van der Waals surface area contributed by atoms with Gasteiger partial charge in [0.25, 0.3) is 0 Å². The lowest BCUT2D eigenvalue weighted by Crippen LogP contribution is -2.47. The lowest BCUT2D eigenvalue weighted by Gasteiger charge is -2.44. The molecular formula is C15H24O3. The first-order chi connectivity index (χ1) is 8.25. The number of rotatable bonds is 1. The number of carbonyl (C=O) groups is 1. The highest BCUT2D eigenvalue weighted by Crippen LogP contribution is 2.73. The van der Waals surface area contributed by atoms with E-state index < -0.39 is 17.0 Å². The van der Waals surface area contributed by atoms with Crippen LogP contribution in [0.1, 0.15) is 52.9 Å². The van der Waals surface area contributed by atoms with Crippen molar-refractivity contribution in [1.29, 1.82) is 0 Å². The van der Waals surface area contributed by atoms with Crippen LogP contribution in [0.25, 0.3) is 0 Å². The van der Waals surface area contributed by atoms with Gasteiger partial charge in [0, 0.05) is 5.92 Å². The van der Waals surface area contributed by atoms with E-state index in [2.05, 4.69) is 6.92 Å². The summed E-state index contributed by atoms with van der Waals surface area (Å²) in [5.41, 5.74) is -1.34. The molecule has 2 N–H and O–H groups in total. The van der Waals surface area contributed by atoms with Gasteiger partial charge in [-0.15, -0.1) is 0 Å². The van der Waals surface area contributed by atoms with Gasteiger partial charge in [0.2, 0.25) is 0 Å². The van der Waals surface area contributed by atoms with Gasteiger partial charge in [-0.25, -0.2) is 0 Å². The van der Waals surface area contributed by atoms with Gasteiger partial charge in [0.1, 0.15) is 0 Å². The average Bonchev–Trinajstić information content (AvgIpc) is 2.71. The minimum atomic E-state index is -0.803. The zero-order valence-electron chi connectivity index (χ0n) is 11.6. The van der Waals surface area contributed by atoms with Crippen LogP contribution in [0.4, 0.5) is 0 Å². The van der Waals surface area contributed by atoms with Gasteiger partial charge in [-0.3, -0.25) is 4.79 Å². The Kier molecular flexibility index (Phi) is 2.28. The lowest BCUT2D eigenvalue weighted by atomic mass is 9.64. The van der Waals surface area contributed by atoms with Crippen molar-refractivity contribution in [2.75, 3.05) is 0 Å². The lowest BCUT2D eigenvalue weighted by molar-refractivity contribution is -0.160. The van der Waals surface area contributed by atoms with Crippen molar-refractivity contribution >= 4 is 5.97 Å². The maximum Gasteiger partial charge on any atom is 0.310 e. The molecule has 102 valence electrons. The molecule has 18 heavy (non-hydrogen) atoms. The van der Waals surface area contributed by atoms with Crippen molar-refractivity contribution in [3.05, 3.63) is 0 Å². The van der Waals surface area contributed by atoms with Crippen molar-refractivity contribution in [2.24, 2.45) is 28.6 Å². The molecule has 2 bridgehead atoms. The smallest absolute Gasteiger partial charge is 0.310 e. The molecule has 6 atom stereocenters. The summed E-state index contributed by atoms with van der Waals surface area (Å²) >= 11 is 0. The fraction of sp³-hybridized carbons (Fsp3) is 0.933. The van der Waals surface area contributed by atoms with Crippen LogP contribution in [0.2, 0.25) is 0 Å². The number of carboxylic acid groups (broad SMARTS) is 1. The molecule has 0 aromatic rings. The monoisotopic (exact) mass is 252 g/mol. The first kappa shape index (κ1) is 12.5. The van der Waals surface area contributed by atoms with E-state index in [1.165, 1.54) is 0 Å². The second-order valence-electron chi connectivity index (χ2n) is 7.47. The van der Waals surface area contributed by atoms with Gasteiger partial charge in [-0.1, -0.05) is 6.92 Å². The van der Waals surface area contributed by atoms with Crippen LogP contribution in [0.15, 0.2) is 0 Å². The molecule has 0 unspecified atom stereocenters. The highest BCUT2D eigenvalue weighted by Gasteiger charge is 2.71. The van der Waals surface area contributed by atoms with Crippen molar-refractivity contribution in [2.45, 2.75) is 58.5 Å². The van der Waals surface area contributed by atoms with Crippen LogP contribution >= 0.6 is 0 Å². The van der Waals surface area contributed by atoms with E-state index in [1.807, 2.05) is 13.8 Å². The standard InChI is InChI=1S/C15H24O3/c1-9-4-5-10-14(3,12(16)17)11-8-15(9,10)7-6-13(11,2)18/h9-11,18H,4-8H2,1-3H3,(H,16,17)/t9-,10+,11+,13-,14-,15+/m1/s1. The zero-order valence-corrected chi connectivity index (χ0v) is 11.6. The van der Waals surface area contributed by atoms with Gasteiger partial charge < -0.3 is 10.2 Å². The van der Waals surface area contributed by atoms with Gasteiger partial charge in [0.05, 0.1) is 11.0 Å². The Balaban J connectivity index is 2.13.